The number of ether oxygens (including phenoxy) is 3. The number of hydrogen-bond acceptors (Lipinski definition) is 4. The van der Waals surface area contributed by atoms with Gasteiger partial charge in [-0.15, -0.1) is 0 Å². The second kappa shape index (κ2) is 3.96. The molecule has 0 fully saturated rings. The molecule has 86 valence electrons. The summed E-state index contributed by atoms with van der Waals surface area (Å²) in [6.07, 6.45) is 0.889. The molecule has 1 unspecified atom stereocenters. The van der Waals surface area contributed by atoms with E-state index in [0.29, 0.717) is 19.8 Å². The van der Waals surface area contributed by atoms with Crippen molar-refractivity contribution >= 4 is 0 Å². The van der Waals surface area contributed by atoms with Crippen LogP contribution >= 0.6 is 0 Å². The van der Waals surface area contributed by atoms with Crippen LogP contribution < -0.4 is 15.2 Å². The zero-order valence-corrected chi connectivity index (χ0v) is 9.07. The van der Waals surface area contributed by atoms with Gasteiger partial charge in [0, 0.05) is 0 Å². The van der Waals surface area contributed by atoms with Gasteiger partial charge in [0.2, 0.25) is 0 Å². The third-order valence-corrected chi connectivity index (χ3v) is 3.02. The Morgan fingerprint density at radius 2 is 1.81 bits per heavy atom. The summed E-state index contributed by atoms with van der Waals surface area (Å²) in [5.74, 6) is 1.64. The van der Waals surface area contributed by atoms with Crippen LogP contribution in [0.15, 0.2) is 12.1 Å². The minimum atomic E-state index is -0.0617. The Balaban J connectivity index is 2.06. The summed E-state index contributed by atoms with van der Waals surface area (Å²) in [4.78, 5) is 0. The van der Waals surface area contributed by atoms with Crippen LogP contribution in [0.3, 0.4) is 0 Å². The van der Waals surface area contributed by atoms with Crippen LogP contribution in [0, 0.1) is 0 Å². The van der Waals surface area contributed by atoms with Crippen LogP contribution in [0.25, 0.3) is 0 Å². The summed E-state index contributed by atoms with van der Waals surface area (Å²) in [5.41, 5.74) is 8.40. The van der Waals surface area contributed by atoms with Gasteiger partial charge in [-0.25, -0.2) is 0 Å². The highest BCUT2D eigenvalue weighted by molar-refractivity contribution is 5.49. The molecular weight excluding hydrogens is 206 g/mol. The lowest BCUT2D eigenvalue weighted by Gasteiger charge is -2.21. The molecule has 3 rings (SSSR count). The first-order chi connectivity index (χ1) is 7.84. The van der Waals surface area contributed by atoms with E-state index >= 15 is 0 Å². The standard InChI is InChI=1S/C12H15NO3/c13-10-7-14-2-1-8-5-11-12(6-9(8)10)16-4-3-15-11/h5-6,10H,1-4,7,13H2. The molecule has 0 amide bonds. The van der Waals surface area contributed by atoms with Crippen molar-refractivity contribution in [3.05, 3.63) is 23.3 Å². The maximum atomic E-state index is 6.06. The van der Waals surface area contributed by atoms with Crippen molar-refractivity contribution in [1.29, 1.82) is 0 Å². The molecule has 2 aliphatic heterocycles. The first-order valence-corrected chi connectivity index (χ1v) is 5.60. The van der Waals surface area contributed by atoms with E-state index in [4.69, 9.17) is 19.9 Å². The average molecular weight is 221 g/mol. The van der Waals surface area contributed by atoms with E-state index in [-0.39, 0.29) is 6.04 Å². The maximum Gasteiger partial charge on any atom is 0.161 e. The number of fused-ring (bicyclic) bond motifs is 2. The molecule has 4 heteroatoms. The summed E-state index contributed by atoms with van der Waals surface area (Å²) in [6.45, 7) is 2.53. The number of benzene rings is 1. The SMILES string of the molecule is NC1COCCc2cc3c(cc21)OCCO3. The highest BCUT2D eigenvalue weighted by Gasteiger charge is 2.21. The Morgan fingerprint density at radius 3 is 2.62 bits per heavy atom. The molecule has 2 heterocycles. The summed E-state index contributed by atoms with van der Waals surface area (Å²) >= 11 is 0. The first kappa shape index (κ1) is 9.93. The normalized spacial score (nSPS) is 23.4. The van der Waals surface area contributed by atoms with Gasteiger partial charge in [0.05, 0.1) is 19.3 Å². The molecule has 0 aliphatic carbocycles. The van der Waals surface area contributed by atoms with E-state index in [1.165, 1.54) is 5.56 Å². The van der Waals surface area contributed by atoms with Gasteiger partial charge in [-0.05, 0) is 29.7 Å². The fourth-order valence-electron chi connectivity index (χ4n) is 2.19. The van der Waals surface area contributed by atoms with E-state index in [2.05, 4.69) is 0 Å². The molecule has 4 nitrogen and oxygen atoms in total. The van der Waals surface area contributed by atoms with Crippen molar-refractivity contribution in [3.8, 4) is 11.5 Å². The summed E-state index contributed by atoms with van der Waals surface area (Å²) < 4.78 is 16.6. The molecule has 0 aromatic heterocycles. The quantitative estimate of drug-likeness (QED) is 0.711. The molecule has 0 saturated heterocycles. The van der Waals surface area contributed by atoms with Gasteiger partial charge in [0.1, 0.15) is 13.2 Å². The van der Waals surface area contributed by atoms with Gasteiger partial charge in [-0.1, -0.05) is 0 Å². The lowest BCUT2D eigenvalue weighted by atomic mass is 9.99. The fraction of sp³-hybridized carbons (Fsp3) is 0.500. The van der Waals surface area contributed by atoms with Gasteiger partial charge in [0.15, 0.2) is 11.5 Å². The smallest absolute Gasteiger partial charge is 0.161 e. The van der Waals surface area contributed by atoms with Crippen molar-refractivity contribution in [2.75, 3.05) is 26.4 Å². The summed E-state index contributed by atoms with van der Waals surface area (Å²) in [5, 5.41) is 0. The number of hydrogen-bond donors (Lipinski definition) is 1. The van der Waals surface area contributed by atoms with Gasteiger partial charge >= 0.3 is 0 Å². The third kappa shape index (κ3) is 1.64. The molecule has 0 spiro atoms. The van der Waals surface area contributed by atoms with E-state index in [1.807, 2.05) is 12.1 Å². The lowest BCUT2D eigenvalue weighted by Crippen LogP contribution is -2.19. The zero-order chi connectivity index (χ0) is 11.0. The van der Waals surface area contributed by atoms with Gasteiger partial charge < -0.3 is 19.9 Å². The minimum absolute atomic E-state index is 0.0617. The molecular formula is C12H15NO3. The molecule has 2 N–H and O–H groups in total. The van der Waals surface area contributed by atoms with Crippen molar-refractivity contribution < 1.29 is 14.2 Å². The van der Waals surface area contributed by atoms with Crippen molar-refractivity contribution in [3.63, 3.8) is 0 Å². The molecule has 1 aromatic carbocycles. The van der Waals surface area contributed by atoms with Crippen LogP contribution in [-0.2, 0) is 11.2 Å². The van der Waals surface area contributed by atoms with Crippen LogP contribution in [-0.4, -0.2) is 26.4 Å². The second-order valence-corrected chi connectivity index (χ2v) is 4.13. The Morgan fingerprint density at radius 1 is 1.06 bits per heavy atom. The van der Waals surface area contributed by atoms with Crippen molar-refractivity contribution in [2.24, 2.45) is 5.73 Å². The predicted molar refractivity (Wildman–Crippen MR) is 58.9 cm³/mol. The third-order valence-electron chi connectivity index (χ3n) is 3.02. The first-order valence-electron chi connectivity index (χ1n) is 5.60. The molecule has 16 heavy (non-hydrogen) atoms. The van der Waals surface area contributed by atoms with Crippen molar-refractivity contribution in [2.45, 2.75) is 12.5 Å². The van der Waals surface area contributed by atoms with Gasteiger partial charge in [0.25, 0.3) is 0 Å². The summed E-state index contributed by atoms with van der Waals surface area (Å²) in [7, 11) is 0. The topological polar surface area (TPSA) is 53.7 Å². The Labute approximate surface area is 94.3 Å². The maximum absolute atomic E-state index is 6.06. The number of rotatable bonds is 0. The van der Waals surface area contributed by atoms with Crippen LogP contribution in [0.4, 0.5) is 0 Å². The molecule has 1 aromatic rings. The van der Waals surface area contributed by atoms with Crippen molar-refractivity contribution in [1.82, 2.24) is 0 Å². The monoisotopic (exact) mass is 221 g/mol. The second-order valence-electron chi connectivity index (χ2n) is 4.13. The van der Waals surface area contributed by atoms with Crippen LogP contribution in [0.1, 0.15) is 17.2 Å². The van der Waals surface area contributed by atoms with E-state index < -0.39 is 0 Å². The van der Waals surface area contributed by atoms with Crippen LogP contribution in [0.2, 0.25) is 0 Å². The fourth-order valence-corrected chi connectivity index (χ4v) is 2.19. The lowest BCUT2D eigenvalue weighted by molar-refractivity contribution is 0.131. The average Bonchev–Trinajstić information content (AvgIpc) is 2.49. The van der Waals surface area contributed by atoms with E-state index in [1.54, 1.807) is 0 Å². The Kier molecular flexibility index (Phi) is 2.46. The Bertz CT molecular complexity index is 405. The number of nitrogens with two attached hydrogens (primary N) is 1. The highest BCUT2D eigenvalue weighted by atomic mass is 16.6. The summed E-state index contributed by atoms with van der Waals surface area (Å²) in [6, 6.07) is 3.98. The zero-order valence-electron chi connectivity index (χ0n) is 9.07. The minimum Gasteiger partial charge on any atom is -0.486 e. The molecule has 2 aliphatic rings. The highest BCUT2D eigenvalue weighted by Crippen LogP contribution is 2.36. The van der Waals surface area contributed by atoms with E-state index in [9.17, 15) is 0 Å². The van der Waals surface area contributed by atoms with Gasteiger partial charge in [-0.2, -0.15) is 0 Å². The molecule has 1 atom stereocenters. The molecule has 0 radical (unpaired) electrons. The van der Waals surface area contributed by atoms with Gasteiger partial charge in [-0.3, -0.25) is 0 Å². The largest absolute Gasteiger partial charge is 0.486 e. The van der Waals surface area contributed by atoms with E-state index in [0.717, 1.165) is 30.1 Å². The molecule has 0 saturated carbocycles. The Hall–Kier alpha value is -1.26. The van der Waals surface area contributed by atoms with Crippen LogP contribution in [0.5, 0.6) is 11.5 Å². The predicted octanol–water partition coefficient (Wildman–Crippen LogP) is 1.03. The molecule has 0 bridgehead atoms.